The number of esters is 1. The van der Waals surface area contributed by atoms with Gasteiger partial charge in [0.25, 0.3) is 0 Å². The molecule has 1 fully saturated rings. The lowest BCUT2D eigenvalue weighted by Gasteiger charge is -2.35. The van der Waals surface area contributed by atoms with Gasteiger partial charge in [0.15, 0.2) is 0 Å². The van der Waals surface area contributed by atoms with Crippen LogP contribution in [0.2, 0.25) is 0 Å². The molecule has 27 heavy (non-hydrogen) atoms. The molecular weight excluding hydrogens is 416 g/mol. The van der Waals surface area contributed by atoms with Crippen molar-refractivity contribution < 1.29 is 23.8 Å². The predicted octanol–water partition coefficient (Wildman–Crippen LogP) is 3.17. The number of piperazine rings is 1. The fourth-order valence-electron chi connectivity index (χ4n) is 2.65. The molecule has 0 N–H and O–H groups in total. The van der Waals surface area contributed by atoms with Gasteiger partial charge < -0.3 is 19.1 Å². The molecule has 1 saturated heterocycles. The first-order valence-electron chi connectivity index (χ1n) is 8.90. The average molecular weight is 443 g/mol. The summed E-state index contributed by atoms with van der Waals surface area (Å²) in [5.74, 6) is 0.205. The van der Waals surface area contributed by atoms with E-state index in [1.54, 1.807) is 17.0 Å². The lowest BCUT2D eigenvalue weighted by molar-refractivity contribution is 0.0136. The van der Waals surface area contributed by atoms with Crippen LogP contribution in [0.4, 0.5) is 4.79 Å². The topological polar surface area (TPSA) is 68.3 Å². The van der Waals surface area contributed by atoms with Crippen molar-refractivity contribution in [3.8, 4) is 5.75 Å². The summed E-state index contributed by atoms with van der Waals surface area (Å²) in [5.41, 5.74) is -0.0393. The summed E-state index contributed by atoms with van der Waals surface area (Å²) < 4.78 is 16.7. The second kappa shape index (κ2) is 9.41. The summed E-state index contributed by atoms with van der Waals surface area (Å²) in [4.78, 5) is 27.7. The third-order valence-corrected chi connectivity index (χ3v) is 4.45. The lowest BCUT2D eigenvalue weighted by atomic mass is 10.2. The van der Waals surface area contributed by atoms with Crippen molar-refractivity contribution in [3.63, 3.8) is 0 Å². The number of methoxy groups -OCH3 is 1. The van der Waals surface area contributed by atoms with Gasteiger partial charge in [-0.15, -0.1) is 0 Å². The second-order valence-corrected chi connectivity index (χ2v) is 8.24. The fraction of sp³-hybridized carbons (Fsp3) is 0.579. The Morgan fingerprint density at radius 1 is 1.11 bits per heavy atom. The molecule has 0 radical (unpaired) electrons. The summed E-state index contributed by atoms with van der Waals surface area (Å²) in [6.45, 7) is 9.65. The van der Waals surface area contributed by atoms with Gasteiger partial charge in [-0.2, -0.15) is 0 Å². The molecule has 8 heteroatoms. The first-order chi connectivity index (χ1) is 12.7. The van der Waals surface area contributed by atoms with Crippen LogP contribution in [0, 0.1) is 0 Å². The summed E-state index contributed by atoms with van der Waals surface area (Å²) in [6.07, 6.45) is -0.261. The van der Waals surface area contributed by atoms with Crippen LogP contribution in [0.1, 0.15) is 31.1 Å². The van der Waals surface area contributed by atoms with Gasteiger partial charge >= 0.3 is 12.1 Å². The molecule has 150 valence electrons. The van der Waals surface area contributed by atoms with Crippen LogP contribution in [0.15, 0.2) is 22.7 Å². The number of carbonyl (C=O) groups is 2. The van der Waals surface area contributed by atoms with E-state index in [9.17, 15) is 9.59 Å². The van der Waals surface area contributed by atoms with Crippen molar-refractivity contribution in [2.24, 2.45) is 0 Å². The van der Waals surface area contributed by atoms with Crippen molar-refractivity contribution in [1.82, 2.24) is 9.80 Å². The smallest absolute Gasteiger partial charge is 0.410 e. The van der Waals surface area contributed by atoms with Gasteiger partial charge in [-0.3, -0.25) is 4.90 Å². The molecule has 2 rings (SSSR count). The zero-order valence-electron chi connectivity index (χ0n) is 16.3. The van der Waals surface area contributed by atoms with Crippen LogP contribution < -0.4 is 4.74 Å². The van der Waals surface area contributed by atoms with Crippen molar-refractivity contribution >= 4 is 28.0 Å². The minimum absolute atomic E-state index is 0.261. The quantitative estimate of drug-likeness (QED) is 0.652. The first-order valence-corrected chi connectivity index (χ1v) is 9.69. The Morgan fingerprint density at radius 3 is 2.37 bits per heavy atom. The van der Waals surface area contributed by atoms with E-state index in [1.807, 2.05) is 26.8 Å². The minimum Gasteiger partial charge on any atom is -0.492 e. The minimum atomic E-state index is -0.477. The van der Waals surface area contributed by atoms with E-state index in [4.69, 9.17) is 14.2 Å². The Morgan fingerprint density at radius 2 is 1.78 bits per heavy atom. The molecule has 0 aliphatic carbocycles. The van der Waals surface area contributed by atoms with E-state index in [-0.39, 0.29) is 6.09 Å². The number of carbonyl (C=O) groups excluding carboxylic acids is 2. The van der Waals surface area contributed by atoms with Gasteiger partial charge in [-0.1, -0.05) is 15.9 Å². The van der Waals surface area contributed by atoms with Crippen molar-refractivity contribution in [2.75, 3.05) is 46.4 Å². The third-order valence-electron chi connectivity index (χ3n) is 3.99. The summed E-state index contributed by atoms with van der Waals surface area (Å²) >= 11 is 3.37. The highest BCUT2D eigenvalue weighted by atomic mass is 79.9. The Balaban J connectivity index is 1.77. The van der Waals surface area contributed by atoms with Crippen molar-refractivity contribution in [2.45, 2.75) is 26.4 Å². The Labute approximate surface area is 168 Å². The van der Waals surface area contributed by atoms with Crippen LogP contribution in [0.25, 0.3) is 0 Å². The molecule has 1 heterocycles. The van der Waals surface area contributed by atoms with E-state index < -0.39 is 11.6 Å². The molecule has 1 aromatic rings. The largest absolute Gasteiger partial charge is 0.492 e. The van der Waals surface area contributed by atoms with Gasteiger partial charge in [0, 0.05) is 37.2 Å². The maximum Gasteiger partial charge on any atom is 0.410 e. The molecule has 7 nitrogen and oxygen atoms in total. The second-order valence-electron chi connectivity index (χ2n) is 7.32. The molecule has 0 aromatic heterocycles. The van der Waals surface area contributed by atoms with Gasteiger partial charge in [-0.25, -0.2) is 9.59 Å². The average Bonchev–Trinajstić information content (AvgIpc) is 2.59. The van der Waals surface area contributed by atoms with Crippen molar-refractivity contribution in [3.05, 3.63) is 28.2 Å². The highest BCUT2D eigenvalue weighted by Crippen LogP contribution is 2.22. The lowest BCUT2D eigenvalue weighted by Crippen LogP contribution is -2.50. The van der Waals surface area contributed by atoms with Crippen LogP contribution in [-0.2, 0) is 9.47 Å². The van der Waals surface area contributed by atoms with E-state index in [1.165, 1.54) is 7.11 Å². The molecule has 0 spiro atoms. The SMILES string of the molecule is COC(=O)c1cc(Br)cc(OCCN2CCN(C(=O)OC(C)(C)C)CC2)c1. The van der Waals surface area contributed by atoms with Gasteiger partial charge in [0.1, 0.15) is 18.0 Å². The molecule has 0 unspecified atom stereocenters. The molecule has 1 aromatic carbocycles. The van der Waals surface area contributed by atoms with Gasteiger partial charge in [-0.05, 0) is 39.0 Å². The summed E-state index contributed by atoms with van der Waals surface area (Å²) in [7, 11) is 1.35. The third kappa shape index (κ3) is 7.03. The number of halogens is 1. The van der Waals surface area contributed by atoms with Crippen LogP contribution in [0.5, 0.6) is 5.75 Å². The molecule has 0 bridgehead atoms. The Bertz CT molecular complexity index is 667. The Hall–Kier alpha value is -1.80. The number of hydrogen-bond donors (Lipinski definition) is 0. The number of nitrogens with zero attached hydrogens (tertiary/aromatic N) is 2. The van der Waals surface area contributed by atoms with E-state index >= 15 is 0 Å². The van der Waals surface area contributed by atoms with Crippen LogP contribution in [-0.4, -0.2) is 73.9 Å². The van der Waals surface area contributed by atoms with Crippen LogP contribution in [0.3, 0.4) is 0 Å². The summed E-state index contributed by atoms with van der Waals surface area (Å²) in [6, 6.07) is 5.17. The number of ether oxygens (including phenoxy) is 3. The highest BCUT2D eigenvalue weighted by Gasteiger charge is 2.25. The molecular formula is C19H27BrN2O5. The number of hydrogen-bond acceptors (Lipinski definition) is 6. The number of amides is 1. The first kappa shape index (κ1) is 21.5. The molecule has 0 saturated carbocycles. The zero-order valence-corrected chi connectivity index (χ0v) is 17.9. The van der Waals surface area contributed by atoms with Crippen molar-refractivity contribution in [1.29, 1.82) is 0 Å². The maximum atomic E-state index is 12.1. The number of benzene rings is 1. The monoisotopic (exact) mass is 442 g/mol. The zero-order chi connectivity index (χ0) is 20.0. The van der Waals surface area contributed by atoms with Gasteiger partial charge in [0.2, 0.25) is 0 Å². The molecule has 1 aliphatic rings. The molecule has 1 amide bonds. The number of rotatable bonds is 5. The highest BCUT2D eigenvalue weighted by molar-refractivity contribution is 9.10. The maximum absolute atomic E-state index is 12.1. The van der Waals surface area contributed by atoms with E-state index in [2.05, 4.69) is 20.8 Å². The van der Waals surface area contributed by atoms with E-state index in [0.29, 0.717) is 31.0 Å². The van der Waals surface area contributed by atoms with Crippen LogP contribution >= 0.6 is 15.9 Å². The predicted molar refractivity (Wildman–Crippen MR) is 105 cm³/mol. The fourth-order valence-corrected chi connectivity index (χ4v) is 3.13. The molecule has 0 atom stereocenters. The van der Waals surface area contributed by atoms with E-state index in [0.717, 1.165) is 24.1 Å². The standard InChI is InChI=1S/C19H27BrN2O5/c1-19(2,3)27-18(24)22-7-5-21(6-8-22)9-10-26-16-12-14(17(23)25-4)11-15(20)13-16/h11-13H,5-10H2,1-4H3. The molecule has 1 aliphatic heterocycles. The Kier molecular flexibility index (Phi) is 7.49. The normalized spacial score (nSPS) is 15.4. The van der Waals surface area contributed by atoms with Gasteiger partial charge in [0.05, 0.1) is 12.7 Å². The summed E-state index contributed by atoms with van der Waals surface area (Å²) in [5, 5.41) is 0.